The van der Waals surface area contributed by atoms with Crippen LogP contribution >= 0.6 is 11.8 Å². The number of carbonyl (C=O) groups is 2. The molecule has 7 nitrogen and oxygen atoms in total. The van der Waals surface area contributed by atoms with E-state index < -0.39 is 0 Å². The Labute approximate surface area is 164 Å². The van der Waals surface area contributed by atoms with Crippen LogP contribution in [0.3, 0.4) is 0 Å². The lowest BCUT2D eigenvalue weighted by molar-refractivity contribution is -0.119. The third-order valence-corrected chi connectivity index (χ3v) is 6.33. The molecular formula is C20H16N4O3S. The van der Waals surface area contributed by atoms with Crippen molar-refractivity contribution >= 4 is 39.5 Å². The lowest BCUT2D eigenvalue weighted by Crippen LogP contribution is -2.27. The summed E-state index contributed by atoms with van der Waals surface area (Å²) in [6.45, 7) is 0. The monoisotopic (exact) mass is 392 g/mol. The second kappa shape index (κ2) is 6.49. The van der Waals surface area contributed by atoms with Gasteiger partial charge in [-0.1, -0.05) is 36.0 Å². The zero-order valence-electron chi connectivity index (χ0n) is 14.7. The van der Waals surface area contributed by atoms with Crippen molar-refractivity contribution in [1.29, 1.82) is 0 Å². The normalized spacial score (nSPS) is 21.0. The van der Waals surface area contributed by atoms with E-state index in [0.29, 0.717) is 17.4 Å². The van der Waals surface area contributed by atoms with Gasteiger partial charge in [0, 0.05) is 16.7 Å². The first-order valence-corrected chi connectivity index (χ1v) is 9.81. The molecule has 5 rings (SSSR count). The maximum atomic E-state index is 12.0. The Morgan fingerprint density at radius 3 is 2.71 bits per heavy atom. The quantitative estimate of drug-likeness (QED) is 0.703. The first kappa shape index (κ1) is 17.0. The minimum Gasteiger partial charge on any atom is -0.437 e. The SMILES string of the molecule is Nc1nnc(Oc2ccc3c(c2)CC[C@H]3C2SC(=O)NC2=O)c2ccccc12. The number of carbonyl (C=O) groups excluding carboxylic acids is 2. The lowest BCUT2D eigenvalue weighted by Gasteiger charge is -2.16. The maximum Gasteiger partial charge on any atom is 0.286 e. The van der Waals surface area contributed by atoms with Crippen molar-refractivity contribution in [2.45, 2.75) is 24.0 Å². The molecule has 2 heterocycles. The summed E-state index contributed by atoms with van der Waals surface area (Å²) in [5.74, 6) is 1.26. The Morgan fingerprint density at radius 1 is 1.11 bits per heavy atom. The summed E-state index contributed by atoms with van der Waals surface area (Å²) in [5.41, 5.74) is 8.13. The first-order valence-electron chi connectivity index (χ1n) is 8.93. The molecule has 2 atom stereocenters. The highest BCUT2D eigenvalue weighted by Gasteiger charge is 2.41. The summed E-state index contributed by atoms with van der Waals surface area (Å²) in [6, 6.07) is 13.4. The number of thioether (sulfide) groups is 1. The van der Waals surface area contributed by atoms with Gasteiger partial charge in [0.15, 0.2) is 5.82 Å². The number of rotatable bonds is 3. The lowest BCUT2D eigenvalue weighted by atomic mass is 9.97. The van der Waals surface area contributed by atoms with Crippen molar-refractivity contribution in [2.24, 2.45) is 0 Å². The molecule has 3 aromatic rings. The van der Waals surface area contributed by atoms with Crippen LogP contribution in [0, 0.1) is 0 Å². The molecule has 2 aliphatic rings. The van der Waals surface area contributed by atoms with E-state index in [0.717, 1.165) is 46.5 Å². The van der Waals surface area contributed by atoms with E-state index in [-0.39, 0.29) is 22.3 Å². The van der Waals surface area contributed by atoms with E-state index in [1.807, 2.05) is 42.5 Å². The van der Waals surface area contributed by atoms with Crippen molar-refractivity contribution in [3.63, 3.8) is 0 Å². The molecule has 1 fully saturated rings. The molecule has 1 aliphatic carbocycles. The number of imide groups is 1. The van der Waals surface area contributed by atoms with E-state index in [4.69, 9.17) is 10.5 Å². The van der Waals surface area contributed by atoms with Crippen molar-refractivity contribution < 1.29 is 14.3 Å². The number of aryl methyl sites for hydroxylation is 1. The number of anilines is 1. The molecule has 140 valence electrons. The molecule has 8 heteroatoms. The van der Waals surface area contributed by atoms with E-state index in [2.05, 4.69) is 15.5 Å². The second-order valence-corrected chi connectivity index (χ2v) is 7.97. The third-order valence-electron chi connectivity index (χ3n) is 5.22. The van der Waals surface area contributed by atoms with Gasteiger partial charge in [-0.25, -0.2) is 0 Å². The van der Waals surface area contributed by atoms with E-state index in [1.54, 1.807) is 0 Å². The summed E-state index contributed by atoms with van der Waals surface area (Å²) in [4.78, 5) is 23.5. The fourth-order valence-electron chi connectivity index (χ4n) is 3.93. The van der Waals surface area contributed by atoms with Gasteiger partial charge < -0.3 is 10.5 Å². The maximum absolute atomic E-state index is 12.0. The summed E-state index contributed by atoms with van der Waals surface area (Å²) >= 11 is 1.08. The number of hydrogen-bond acceptors (Lipinski definition) is 7. The van der Waals surface area contributed by atoms with Crippen LogP contribution in [0.2, 0.25) is 0 Å². The highest BCUT2D eigenvalue weighted by molar-refractivity contribution is 8.15. The minimum absolute atomic E-state index is 0.0395. The number of ether oxygens (including phenoxy) is 1. The van der Waals surface area contributed by atoms with Crippen molar-refractivity contribution in [1.82, 2.24) is 15.5 Å². The van der Waals surface area contributed by atoms with Crippen LogP contribution in [0.25, 0.3) is 10.8 Å². The molecule has 0 saturated carbocycles. The first-order chi connectivity index (χ1) is 13.6. The zero-order valence-corrected chi connectivity index (χ0v) is 15.5. The number of nitrogens with one attached hydrogen (secondary N) is 1. The fourth-order valence-corrected chi connectivity index (χ4v) is 4.93. The molecule has 0 radical (unpaired) electrons. The van der Waals surface area contributed by atoms with Crippen LogP contribution in [0.15, 0.2) is 42.5 Å². The number of fused-ring (bicyclic) bond motifs is 2. The average molecular weight is 392 g/mol. The number of nitrogens with two attached hydrogens (primary N) is 1. The summed E-state index contributed by atoms with van der Waals surface area (Å²) in [5, 5.41) is 11.4. The van der Waals surface area contributed by atoms with Crippen LogP contribution in [-0.2, 0) is 11.2 Å². The number of benzene rings is 2. The van der Waals surface area contributed by atoms with Crippen molar-refractivity contribution in [3.8, 4) is 11.6 Å². The standard InChI is InChI=1S/C20H16N4O3S/c21-17-14-3-1-2-4-15(14)19(24-23-17)27-11-6-8-12-10(9-11)5-7-13(12)16-18(25)22-20(26)28-16/h1-4,6,8-9,13,16H,5,7H2,(H2,21,23)(H,22,25,26)/t13-,16?/m1/s1. The molecule has 1 aliphatic heterocycles. The Balaban J connectivity index is 1.45. The molecule has 0 spiro atoms. The average Bonchev–Trinajstić information content (AvgIpc) is 3.26. The molecule has 0 bridgehead atoms. The molecule has 1 saturated heterocycles. The number of nitrogen functional groups attached to an aromatic ring is 1. The van der Waals surface area contributed by atoms with Crippen molar-refractivity contribution in [3.05, 3.63) is 53.6 Å². The summed E-state index contributed by atoms with van der Waals surface area (Å²) < 4.78 is 6.00. The molecule has 1 unspecified atom stereocenters. The largest absolute Gasteiger partial charge is 0.437 e. The molecule has 2 amide bonds. The predicted octanol–water partition coefficient (Wildman–Crippen LogP) is 3.39. The molecule has 1 aromatic heterocycles. The van der Waals surface area contributed by atoms with E-state index in [1.165, 1.54) is 0 Å². The van der Waals surface area contributed by atoms with Gasteiger partial charge >= 0.3 is 0 Å². The summed E-state index contributed by atoms with van der Waals surface area (Å²) in [7, 11) is 0. The zero-order chi connectivity index (χ0) is 19.3. The second-order valence-electron chi connectivity index (χ2n) is 6.86. The van der Waals surface area contributed by atoms with Gasteiger partial charge in [0.05, 0.1) is 0 Å². The number of amides is 2. The Morgan fingerprint density at radius 2 is 1.93 bits per heavy atom. The third kappa shape index (κ3) is 2.77. The van der Waals surface area contributed by atoms with Gasteiger partial charge in [-0.05, 0) is 42.2 Å². The van der Waals surface area contributed by atoms with Gasteiger partial charge in [-0.3, -0.25) is 14.9 Å². The number of aromatic nitrogens is 2. The van der Waals surface area contributed by atoms with Gasteiger partial charge in [0.2, 0.25) is 11.8 Å². The van der Waals surface area contributed by atoms with Gasteiger partial charge in [-0.15, -0.1) is 10.2 Å². The molecular weight excluding hydrogens is 376 g/mol. The van der Waals surface area contributed by atoms with Crippen LogP contribution < -0.4 is 15.8 Å². The van der Waals surface area contributed by atoms with Crippen LogP contribution in [0.4, 0.5) is 10.6 Å². The number of hydrogen-bond donors (Lipinski definition) is 2. The topological polar surface area (TPSA) is 107 Å². The Hall–Kier alpha value is -3.13. The summed E-state index contributed by atoms with van der Waals surface area (Å²) in [6.07, 6.45) is 1.67. The van der Waals surface area contributed by atoms with Crippen molar-refractivity contribution in [2.75, 3.05) is 5.73 Å². The van der Waals surface area contributed by atoms with Gasteiger partial charge in [-0.2, -0.15) is 0 Å². The predicted molar refractivity (Wildman–Crippen MR) is 106 cm³/mol. The van der Waals surface area contributed by atoms with Crippen LogP contribution in [0.5, 0.6) is 11.6 Å². The van der Waals surface area contributed by atoms with Gasteiger partial charge in [0.25, 0.3) is 5.24 Å². The number of nitrogens with zero attached hydrogens (tertiary/aromatic N) is 2. The smallest absolute Gasteiger partial charge is 0.286 e. The molecule has 3 N–H and O–H groups in total. The van der Waals surface area contributed by atoms with E-state index in [9.17, 15) is 9.59 Å². The van der Waals surface area contributed by atoms with Crippen LogP contribution in [0.1, 0.15) is 23.5 Å². The fraction of sp³-hybridized carbons (Fsp3) is 0.200. The Bertz CT molecular complexity index is 1130. The molecule has 2 aromatic carbocycles. The molecule has 28 heavy (non-hydrogen) atoms. The van der Waals surface area contributed by atoms with E-state index >= 15 is 0 Å². The van der Waals surface area contributed by atoms with Crippen LogP contribution in [-0.4, -0.2) is 26.6 Å². The Kier molecular flexibility index (Phi) is 3.94. The van der Waals surface area contributed by atoms with Gasteiger partial charge in [0.1, 0.15) is 11.0 Å². The highest BCUT2D eigenvalue weighted by Crippen LogP contribution is 2.43. The minimum atomic E-state index is -0.354. The highest BCUT2D eigenvalue weighted by atomic mass is 32.2.